The monoisotopic (exact) mass is 266 g/mol. The predicted octanol–water partition coefficient (Wildman–Crippen LogP) is 3.36. The largest absolute Gasteiger partial charge is 0.400 e. The highest BCUT2D eigenvalue weighted by molar-refractivity contribution is 6.30. The standard InChI is InChI=1S/C11H10ClF3O2/c12-8-3-1-7(2-4-8)9(11(13,14)15)10-16-5-6-17-10/h1-4,9-10H,5-6H2/t9-/m0/s1. The van der Waals surface area contributed by atoms with Crippen LogP contribution in [0.3, 0.4) is 0 Å². The topological polar surface area (TPSA) is 18.5 Å². The SMILES string of the molecule is FC(F)(F)[C@@H](c1ccc(Cl)cc1)C1OCCO1. The average Bonchev–Trinajstić information content (AvgIpc) is 2.72. The van der Waals surface area contributed by atoms with Gasteiger partial charge in [-0.25, -0.2) is 0 Å². The van der Waals surface area contributed by atoms with Gasteiger partial charge < -0.3 is 9.47 Å². The lowest BCUT2D eigenvalue weighted by molar-refractivity contribution is -0.207. The maximum Gasteiger partial charge on any atom is 0.400 e. The van der Waals surface area contributed by atoms with E-state index in [1.54, 1.807) is 0 Å². The summed E-state index contributed by atoms with van der Waals surface area (Å²) in [5.74, 6) is -1.78. The quantitative estimate of drug-likeness (QED) is 0.817. The number of rotatable bonds is 2. The molecule has 1 aliphatic rings. The van der Waals surface area contributed by atoms with Gasteiger partial charge in [-0.15, -0.1) is 0 Å². The molecule has 17 heavy (non-hydrogen) atoms. The van der Waals surface area contributed by atoms with Crippen molar-refractivity contribution in [3.05, 3.63) is 34.9 Å². The minimum absolute atomic E-state index is 0.0915. The molecule has 1 atom stereocenters. The van der Waals surface area contributed by atoms with Crippen molar-refractivity contribution in [2.75, 3.05) is 13.2 Å². The molecule has 1 aliphatic heterocycles. The van der Waals surface area contributed by atoms with Crippen molar-refractivity contribution < 1.29 is 22.6 Å². The third kappa shape index (κ3) is 2.91. The fourth-order valence-electron chi connectivity index (χ4n) is 1.74. The van der Waals surface area contributed by atoms with E-state index < -0.39 is 18.4 Å². The van der Waals surface area contributed by atoms with Gasteiger partial charge in [0, 0.05) is 5.02 Å². The first-order chi connectivity index (χ1) is 7.98. The Balaban J connectivity index is 2.29. The second-order valence-electron chi connectivity index (χ2n) is 3.68. The number of ether oxygens (including phenoxy) is 2. The molecule has 2 nitrogen and oxygen atoms in total. The number of benzene rings is 1. The Kier molecular flexibility index (Phi) is 3.61. The van der Waals surface area contributed by atoms with Crippen molar-refractivity contribution in [3.63, 3.8) is 0 Å². The van der Waals surface area contributed by atoms with Gasteiger partial charge in [0.05, 0.1) is 13.2 Å². The number of hydrogen-bond acceptors (Lipinski definition) is 2. The third-order valence-electron chi connectivity index (χ3n) is 2.50. The van der Waals surface area contributed by atoms with Gasteiger partial charge in [0.15, 0.2) is 6.29 Å². The molecule has 0 radical (unpaired) electrons. The molecule has 0 aliphatic carbocycles. The molecule has 0 unspecified atom stereocenters. The first-order valence-corrected chi connectivity index (χ1v) is 5.41. The summed E-state index contributed by atoms with van der Waals surface area (Å²) >= 11 is 5.65. The highest BCUT2D eigenvalue weighted by Crippen LogP contribution is 2.40. The van der Waals surface area contributed by atoms with Gasteiger partial charge in [0.2, 0.25) is 0 Å². The van der Waals surface area contributed by atoms with Crippen LogP contribution in [-0.4, -0.2) is 25.7 Å². The number of alkyl halides is 3. The summed E-state index contributed by atoms with van der Waals surface area (Å²) in [5.41, 5.74) is 0.0915. The molecule has 1 heterocycles. The zero-order valence-corrected chi connectivity index (χ0v) is 9.46. The Morgan fingerprint density at radius 1 is 1.12 bits per heavy atom. The normalized spacial score (nSPS) is 19.5. The van der Waals surface area contributed by atoms with Crippen LogP contribution >= 0.6 is 11.6 Å². The summed E-state index contributed by atoms with van der Waals surface area (Å²) in [4.78, 5) is 0. The summed E-state index contributed by atoms with van der Waals surface area (Å²) in [5, 5.41) is 0.392. The Hall–Kier alpha value is -0.780. The molecular weight excluding hydrogens is 257 g/mol. The maximum atomic E-state index is 13.0. The van der Waals surface area contributed by atoms with Crippen LogP contribution in [0.1, 0.15) is 11.5 Å². The number of hydrogen-bond donors (Lipinski definition) is 0. The summed E-state index contributed by atoms with van der Waals surface area (Å²) in [7, 11) is 0. The van der Waals surface area contributed by atoms with Crippen LogP contribution in [0.15, 0.2) is 24.3 Å². The maximum absolute atomic E-state index is 13.0. The van der Waals surface area contributed by atoms with Gasteiger partial charge in [-0.3, -0.25) is 0 Å². The smallest absolute Gasteiger partial charge is 0.349 e. The minimum Gasteiger partial charge on any atom is -0.349 e. The van der Waals surface area contributed by atoms with E-state index in [4.69, 9.17) is 21.1 Å². The summed E-state index contributed by atoms with van der Waals surface area (Å²) in [6, 6.07) is 5.52. The van der Waals surface area contributed by atoms with E-state index in [1.807, 2.05) is 0 Å². The van der Waals surface area contributed by atoms with E-state index in [2.05, 4.69) is 0 Å². The molecule has 2 rings (SSSR count). The predicted molar refractivity (Wildman–Crippen MR) is 55.9 cm³/mol. The highest BCUT2D eigenvalue weighted by Gasteiger charge is 2.48. The van der Waals surface area contributed by atoms with Gasteiger partial charge in [-0.2, -0.15) is 13.2 Å². The van der Waals surface area contributed by atoms with Gasteiger partial charge in [-0.05, 0) is 17.7 Å². The van der Waals surface area contributed by atoms with E-state index in [9.17, 15) is 13.2 Å². The van der Waals surface area contributed by atoms with E-state index in [0.717, 1.165) is 0 Å². The van der Waals surface area contributed by atoms with Crippen LogP contribution < -0.4 is 0 Å². The van der Waals surface area contributed by atoms with Crippen LogP contribution in [0.2, 0.25) is 5.02 Å². The highest BCUT2D eigenvalue weighted by atomic mass is 35.5. The zero-order chi connectivity index (χ0) is 12.5. The molecule has 0 spiro atoms. The third-order valence-corrected chi connectivity index (χ3v) is 2.75. The first-order valence-electron chi connectivity index (χ1n) is 5.04. The lowest BCUT2D eigenvalue weighted by Gasteiger charge is -2.25. The first kappa shape index (κ1) is 12.7. The van der Waals surface area contributed by atoms with Crippen LogP contribution in [0, 0.1) is 0 Å². The van der Waals surface area contributed by atoms with Crippen molar-refractivity contribution in [2.24, 2.45) is 0 Å². The lowest BCUT2D eigenvalue weighted by atomic mass is 9.98. The van der Waals surface area contributed by atoms with Gasteiger partial charge in [0.25, 0.3) is 0 Å². The molecule has 0 amide bonds. The van der Waals surface area contributed by atoms with Crippen LogP contribution in [-0.2, 0) is 9.47 Å². The molecule has 1 fully saturated rings. The Bertz CT molecular complexity index is 371. The fourth-order valence-corrected chi connectivity index (χ4v) is 1.87. The van der Waals surface area contributed by atoms with Crippen LogP contribution in [0.25, 0.3) is 0 Å². The molecule has 0 saturated carbocycles. The van der Waals surface area contributed by atoms with E-state index >= 15 is 0 Å². The molecule has 1 aromatic rings. The molecule has 0 bridgehead atoms. The molecule has 1 saturated heterocycles. The molecule has 0 aromatic heterocycles. The van der Waals surface area contributed by atoms with Crippen molar-refractivity contribution in [2.45, 2.75) is 18.4 Å². The van der Waals surface area contributed by atoms with Crippen molar-refractivity contribution >= 4 is 11.6 Å². The zero-order valence-electron chi connectivity index (χ0n) is 8.71. The molecule has 0 N–H and O–H groups in total. The van der Waals surface area contributed by atoms with Gasteiger partial charge >= 0.3 is 6.18 Å². The van der Waals surface area contributed by atoms with E-state index in [-0.39, 0.29) is 18.8 Å². The molecule has 94 valence electrons. The van der Waals surface area contributed by atoms with Crippen molar-refractivity contribution in [1.29, 1.82) is 0 Å². The lowest BCUT2D eigenvalue weighted by Crippen LogP contribution is -2.32. The Morgan fingerprint density at radius 3 is 2.12 bits per heavy atom. The van der Waals surface area contributed by atoms with Gasteiger partial charge in [-0.1, -0.05) is 23.7 Å². The minimum atomic E-state index is -4.41. The number of halogens is 4. The molecular formula is C11H10ClF3O2. The van der Waals surface area contributed by atoms with Crippen LogP contribution in [0.4, 0.5) is 13.2 Å². The second-order valence-corrected chi connectivity index (χ2v) is 4.12. The van der Waals surface area contributed by atoms with E-state index in [1.165, 1.54) is 24.3 Å². The van der Waals surface area contributed by atoms with Crippen molar-refractivity contribution in [1.82, 2.24) is 0 Å². The molecule has 1 aromatic carbocycles. The van der Waals surface area contributed by atoms with E-state index in [0.29, 0.717) is 5.02 Å². The summed E-state index contributed by atoms with van der Waals surface area (Å²) in [6.45, 7) is 0.371. The fraction of sp³-hybridized carbons (Fsp3) is 0.455. The summed E-state index contributed by atoms with van der Waals surface area (Å²) in [6.07, 6.45) is -5.68. The van der Waals surface area contributed by atoms with Crippen molar-refractivity contribution in [3.8, 4) is 0 Å². The molecule has 6 heteroatoms. The van der Waals surface area contributed by atoms with Gasteiger partial charge in [0.1, 0.15) is 5.92 Å². The Morgan fingerprint density at radius 2 is 1.65 bits per heavy atom. The summed E-state index contributed by atoms with van der Waals surface area (Å²) < 4.78 is 48.8. The second kappa shape index (κ2) is 4.84. The van der Waals surface area contributed by atoms with Crippen LogP contribution in [0.5, 0.6) is 0 Å². The Labute approximate surface area is 101 Å². The average molecular weight is 267 g/mol.